The number of pyridine rings is 1. The number of anilines is 1. The number of aromatic nitrogens is 1. The summed E-state index contributed by atoms with van der Waals surface area (Å²) < 4.78 is 5.42. The quantitative estimate of drug-likeness (QED) is 0.813. The minimum absolute atomic E-state index is 0.641. The van der Waals surface area contributed by atoms with Crippen LogP contribution in [0.15, 0.2) is 18.3 Å². The van der Waals surface area contributed by atoms with E-state index in [1.807, 2.05) is 0 Å². The van der Waals surface area contributed by atoms with E-state index in [0.29, 0.717) is 11.6 Å². The van der Waals surface area contributed by atoms with Crippen molar-refractivity contribution in [1.82, 2.24) is 4.98 Å². The first-order valence-electron chi connectivity index (χ1n) is 5.12. The molecule has 0 aliphatic heterocycles. The zero-order valence-electron chi connectivity index (χ0n) is 9.22. The molecule has 16 heavy (non-hydrogen) atoms. The standard InChI is InChI=1S/C9H12N2O.C2H4O2/c10-8-3-4-11-9(5-8)12-6-7-1-2-7;1-2(3)4/h3-5,7H,1-2,6H2,(H2,10,11);1H3,(H,3,4). The number of aliphatic carboxylic acids is 1. The Bertz CT molecular complexity index is 347. The summed E-state index contributed by atoms with van der Waals surface area (Å²) in [6.07, 6.45) is 4.25. The molecular formula is C11H16N2O3. The molecule has 0 bridgehead atoms. The minimum atomic E-state index is -0.833. The van der Waals surface area contributed by atoms with Gasteiger partial charge in [-0.05, 0) is 24.8 Å². The molecule has 1 aliphatic rings. The summed E-state index contributed by atoms with van der Waals surface area (Å²) in [5.74, 6) is 0.565. The summed E-state index contributed by atoms with van der Waals surface area (Å²) in [6.45, 7) is 1.87. The molecule has 0 spiro atoms. The second-order valence-electron chi connectivity index (χ2n) is 3.70. The fourth-order valence-electron chi connectivity index (χ4n) is 0.991. The second-order valence-corrected chi connectivity index (χ2v) is 3.70. The van der Waals surface area contributed by atoms with E-state index >= 15 is 0 Å². The molecule has 0 aromatic carbocycles. The molecule has 3 N–H and O–H groups in total. The summed E-state index contributed by atoms with van der Waals surface area (Å²) in [5, 5.41) is 7.42. The highest BCUT2D eigenvalue weighted by Gasteiger charge is 2.21. The van der Waals surface area contributed by atoms with Crippen LogP contribution < -0.4 is 10.5 Å². The van der Waals surface area contributed by atoms with Gasteiger partial charge in [-0.25, -0.2) is 4.98 Å². The molecule has 0 amide bonds. The van der Waals surface area contributed by atoms with E-state index in [2.05, 4.69) is 4.98 Å². The Labute approximate surface area is 94.2 Å². The van der Waals surface area contributed by atoms with Crippen molar-refractivity contribution in [2.45, 2.75) is 19.8 Å². The highest BCUT2D eigenvalue weighted by Crippen LogP contribution is 2.29. The van der Waals surface area contributed by atoms with Gasteiger partial charge in [-0.3, -0.25) is 4.79 Å². The van der Waals surface area contributed by atoms with Gasteiger partial charge in [-0.2, -0.15) is 0 Å². The number of carbonyl (C=O) groups is 1. The average molecular weight is 224 g/mol. The Hall–Kier alpha value is -1.78. The van der Waals surface area contributed by atoms with E-state index in [9.17, 15) is 0 Å². The van der Waals surface area contributed by atoms with Crippen LogP contribution in [0, 0.1) is 5.92 Å². The molecule has 1 aromatic heterocycles. The highest BCUT2D eigenvalue weighted by atomic mass is 16.5. The highest BCUT2D eigenvalue weighted by molar-refractivity contribution is 5.62. The topological polar surface area (TPSA) is 85.4 Å². The molecule has 1 aromatic rings. The third-order valence-electron chi connectivity index (χ3n) is 1.92. The SMILES string of the molecule is CC(=O)O.Nc1ccnc(OCC2CC2)c1. The number of nitrogens with two attached hydrogens (primary N) is 1. The van der Waals surface area contributed by atoms with Crippen molar-refractivity contribution in [3.8, 4) is 5.88 Å². The molecule has 88 valence electrons. The van der Waals surface area contributed by atoms with Gasteiger partial charge in [0.15, 0.2) is 0 Å². The first-order valence-corrected chi connectivity index (χ1v) is 5.12. The lowest BCUT2D eigenvalue weighted by molar-refractivity contribution is -0.134. The van der Waals surface area contributed by atoms with E-state index < -0.39 is 5.97 Å². The van der Waals surface area contributed by atoms with Crippen LogP contribution in [0.2, 0.25) is 0 Å². The Morgan fingerprint density at radius 2 is 2.31 bits per heavy atom. The summed E-state index contributed by atoms with van der Waals surface area (Å²) >= 11 is 0. The molecule has 1 heterocycles. The van der Waals surface area contributed by atoms with E-state index in [1.165, 1.54) is 12.8 Å². The molecule has 1 saturated carbocycles. The van der Waals surface area contributed by atoms with Crippen molar-refractivity contribution in [2.75, 3.05) is 12.3 Å². The van der Waals surface area contributed by atoms with Crippen molar-refractivity contribution in [3.05, 3.63) is 18.3 Å². The van der Waals surface area contributed by atoms with Crippen LogP contribution in [0.1, 0.15) is 19.8 Å². The number of carboxylic acids is 1. The summed E-state index contributed by atoms with van der Waals surface area (Å²) in [6, 6.07) is 3.51. The first kappa shape index (κ1) is 12.3. The number of rotatable bonds is 3. The average Bonchev–Trinajstić information content (AvgIpc) is 2.97. The van der Waals surface area contributed by atoms with Crippen molar-refractivity contribution < 1.29 is 14.6 Å². The maximum absolute atomic E-state index is 9.00. The van der Waals surface area contributed by atoms with Crippen molar-refractivity contribution >= 4 is 11.7 Å². The molecule has 0 atom stereocenters. The summed E-state index contributed by atoms with van der Waals surface area (Å²) in [4.78, 5) is 13.0. The maximum atomic E-state index is 9.00. The van der Waals surface area contributed by atoms with Crippen molar-refractivity contribution in [1.29, 1.82) is 0 Å². The van der Waals surface area contributed by atoms with Gasteiger partial charge in [0.05, 0.1) is 6.61 Å². The largest absolute Gasteiger partial charge is 0.481 e. The van der Waals surface area contributed by atoms with Gasteiger partial charge in [-0.1, -0.05) is 0 Å². The van der Waals surface area contributed by atoms with E-state index in [0.717, 1.165) is 19.4 Å². The molecule has 2 rings (SSSR count). The van der Waals surface area contributed by atoms with Gasteiger partial charge in [-0.15, -0.1) is 0 Å². The number of ether oxygens (including phenoxy) is 1. The zero-order valence-corrected chi connectivity index (χ0v) is 9.22. The lowest BCUT2D eigenvalue weighted by atomic mass is 10.4. The van der Waals surface area contributed by atoms with Crippen LogP contribution in [0.25, 0.3) is 0 Å². The van der Waals surface area contributed by atoms with Gasteiger partial charge in [0.1, 0.15) is 0 Å². The number of hydrogen-bond donors (Lipinski definition) is 2. The lowest BCUT2D eigenvalue weighted by Gasteiger charge is -2.03. The number of carboxylic acid groups (broad SMARTS) is 1. The molecule has 1 aliphatic carbocycles. The zero-order chi connectivity index (χ0) is 12.0. The van der Waals surface area contributed by atoms with Gasteiger partial charge in [0.2, 0.25) is 5.88 Å². The lowest BCUT2D eigenvalue weighted by Crippen LogP contribution is -2.00. The van der Waals surface area contributed by atoms with Crippen LogP contribution in [0.4, 0.5) is 5.69 Å². The number of hydrogen-bond acceptors (Lipinski definition) is 4. The Morgan fingerprint density at radius 3 is 2.81 bits per heavy atom. The third-order valence-corrected chi connectivity index (χ3v) is 1.92. The predicted octanol–water partition coefficient (Wildman–Crippen LogP) is 1.54. The van der Waals surface area contributed by atoms with E-state index in [4.69, 9.17) is 20.4 Å². The van der Waals surface area contributed by atoms with Crippen LogP contribution in [0.3, 0.4) is 0 Å². The minimum Gasteiger partial charge on any atom is -0.481 e. The van der Waals surface area contributed by atoms with Crippen molar-refractivity contribution in [2.24, 2.45) is 5.92 Å². The van der Waals surface area contributed by atoms with Gasteiger partial charge >= 0.3 is 0 Å². The molecule has 5 heteroatoms. The van der Waals surface area contributed by atoms with Gasteiger partial charge in [0.25, 0.3) is 5.97 Å². The smallest absolute Gasteiger partial charge is 0.300 e. The molecule has 0 saturated heterocycles. The monoisotopic (exact) mass is 224 g/mol. The van der Waals surface area contributed by atoms with E-state index in [1.54, 1.807) is 18.3 Å². The number of nitrogen functional groups attached to an aromatic ring is 1. The molecule has 0 unspecified atom stereocenters. The van der Waals surface area contributed by atoms with E-state index in [-0.39, 0.29) is 0 Å². The fourth-order valence-corrected chi connectivity index (χ4v) is 0.991. The number of nitrogens with zero attached hydrogens (tertiary/aromatic N) is 1. The first-order chi connectivity index (χ1) is 7.58. The molecule has 0 radical (unpaired) electrons. The van der Waals surface area contributed by atoms with Crippen LogP contribution in [-0.2, 0) is 4.79 Å². The molecular weight excluding hydrogens is 208 g/mol. The normalized spacial score (nSPS) is 13.6. The van der Waals surface area contributed by atoms with Crippen LogP contribution in [0.5, 0.6) is 5.88 Å². The van der Waals surface area contributed by atoms with Gasteiger partial charge in [0, 0.05) is 24.9 Å². The molecule has 5 nitrogen and oxygen atoms in total. The molecule has 1 fully saturated rings. The maximum Gasteiger partial charge on any atom is 0.300 e. The predicted molar refractivity (Wildman–Crippen MR) is 60.2 cm³/mol. The van der Waals surface area contributed by atoms with Crippen LogP contribution >= 0.6 is 0 Å². The third kappa shape index (κ3) is 5.85. The Balaban J connectivity index is 0.000000280. The van der Waals surface area contributed by atoms with Crippen molar-refractivity contribution in [3.63, 3.8) is 0 Å². The fraction of sp³-hybridized carbons (Fsp3) is 0.455. The Morgan fingerprint density at radius 1 is 1.69 bits per heavy atom. The van der Waals surface area contributed by atoms with Crippen LogP contribution in [-0.4, -0.2) is 22.7 Å². The second kappa shape index (κ2) is 5.95. The summed E-state index contributed by atoms with van der Waals surface area (Å²) in [5.41, 5.74) is 6.27. The summed E-state index contributed by atoms with van der Waals surface area (Å²) in [7, 11) is 0. The van der Waals surface area contributed by atoms with Gasteiger partial charge < -0.3 is 15.6 Å². The Kier molecular flexibility index (Phi) is 4.57.